The predicted octanol–water partition coefficient (Wildman–Crippen LogP) is 2.87. The molecule has 0 spiro atoms. The molecule has 1 unspecified atom stereocenters. The molecule has 2 amide bonds. The van der Waals surface area contributed by atoms with E-state index in [2.05, 4.69) is 10.6 Å². The van der Waals surface area contributed by atoms with Crippen LogP contribution in [0.25, 0.3) is 0 Å². The number of amides is 2. The molecule has 132 valence electrons. The molecular weight excluding hydrogens is 355 g/mol. The Morgan fingerprint density at radius 2 is 1.88 bits per heavy atom. The van der Waals surface area contributed by atoms with Gasteiger partial charge in [-0.05, 0) is 31.9 Å². The molecule has 0 saturated heterocycles. The van der Waals surface area contributed by atoms with E-state index in [4.69, 9.17) is 28.3 Å². The number of rotatable bonds is 9. The minimum atomic E-state index is -0.824. The standard InChI is InChI=1S/C16H20Cl2N2O4/c1-10(15(23)19-9-4-2-3-8-13(21)22)20-16(24)11-6-5-7-12(17)14(11)18/h5-7,10H,2-4,8-9H2,1H3,(H,19,23)(H,20,24)(H,21,22). The molecule has 8 heteroatoms. The molecule has 0 aromatic heterocycles. The van der Waals surface area contributed by atoms with Crippen molar-refractivity contribution >= 4 is 41.0 Å². The molecule has 1 aromatic carbocycles. The van der Waals surface area contributed by atoms with Gasteiger partial charge in [0.2, 0.25) is 5.91 Å². The number of unbranched alkanes of at least 4 members (excludes halogenated alkanes) is 2. The molecule has 0 aliphatic heterocycles. The van der Waals surface area contributed by atoms with Gasteiger partial charge in [-0.2, -0.15) is 0 Å². The minimum Gasteiger partial charge on any atom is -0.481 e. The van der Waals surface area contributed by atoms with Crippen LogP contribution in [0.15, 0.2) is 18.2 Å². The molecule has 1 rings (SSSR count). The predicted molar refractivity (Wildman–Crippen MR) is 92.5 cm³/mol. The quantitative estimate of drug-likeness (QED) is 0.579. The summed E-state index contributed by atoms with van der Waals surface area (Å²) < 4.78 is 0. The Bertz CT molecular complexity index is 608. The number of benzene rings is 1. The van der Waals surface area contributed by atoms with Crippen molar-refractivity contribution in [2.24, 2.45) is 0 Å². The fourth-order valence-electron chi connectivity index (χ4n) is 1.96. The van der Waals surface area contributed by atoms with Crippen LogP contribution in [0.3, 0.4) is 0 Å². The van der Waals surface area contributed by atoms with E-state index in [1.807, 2.05) is 0 Å². The number of carbonyl (C=O) groups is 3. The molecule has 1 atom stereocenters. The third kappa shape index (κ3) is 6.76. The van der Waals surface area contributed by atoms with Crippen molar-refractivity contribution < 1.29 is 19.5 Å². The van der Waals surface area contributed by atoms with Crippen LogP contribution in [-0.4, -0.2) is 35.5 Å². The Hall–Kier alpha value is -1.79. The first kappa shape index (κ1) is 20.3. The number of halogens is 2. The highest BCUT2D eigenvalue weighted by Gasteiger charge is 2.18. The lowest BCUT2D eigenvalue weighted by molar-refractivity contribution is -0.137. The van der Waals surface area contributed by atoms with Gasteiger partial charge in [0.25, 0.3) is 5.91 Å². The van der Waals surface area contributed by atoms with Gasteiger partial charge < -0.3 is 15.7 Å². The van der Waals surface area contributed by atoms with Crippen molar-refractivity contribution in [2.75, 3.05) is 6.54 Å². The van der Waals surface area contributed by atoms with E-state index in [-0.39, 0.29) is 27.9 Å². The van der Waals surface area contributed by atoms with Crippen LogP contribution in [0.4, 0.5) is 0 Å². The minimum absolute atomic E-state index is 0.126. The van der Waals surface area contributed by atoms with Gasteiger partial charge >= 0.3 is 5.97 Å². The van der Waals surface area contributed by atoms with Crippen LogP contribution in [-0.2, 0) is 9.59 Å². The van der Waals surface area contributed by atoms with E-state index in [9.17, 15) is 14.4 Å². The molecule has 0 radical (unpaired) electrons. The molecule has 0 saturated carbocycles. The smallest absolute Gasteiger partial charge is 0.303 e. The van der Waals surface area contributed by atoms with Crippen LogP contribution in [0.1, 0.15) is 43.0 Å². The number of carbonyl (C=O) groups excluding carboxylic acids is 2. The highest BCUT2D eigenvalue weighted by molar-refractivity contribution is 6.43. The summed E-state index contributed by atoms with van der Waals surface area (Å²) in [5.74, 6) is -1.62. The maximum Gasteiger partial charge on any atom is 0.303 e. The van der Waals surface area contributed by atoms with Gasteiger partial charge in [-0.3, -0.25) is 14.4 Å². The Labute approximate surface area is 150 Å². The summed E-state index contributed by atoms with van der Waals surface area (Å²) in [4.78, 5) is 34.4. The number of carboxylic acids is 1. The average Bonchev–Trinajstić information content (AvgIpc) is 2.52. The number of hydrogen-bond donors (Lipinski definition) is 3. The second-order valence-electron chi connectivity index (χ2n) is 5.29. The Morgan fingerprint density at radius 1 is 1.17 bits per heavy atom. The zero-order valence-corrected chi connectivity index (χ0v) is 14.8. The second kappa shape index (κ2) is 10.2. The van der Waals surface area contributed by atoms with Crippen molar-refractivity contribution in [3.63, 3.8) is 0 Å². The third-order valence-electron chi connectivity index (χ3n) is 3.30. The first-order valence-electron chi connectivity index (χ1n) is 7.57. The summed E-state index contributed by atoms with van der Waals surface area (Å²) in [6, 6.07) is 3.97. The fourth-order valence-corrected chi connectivity index (χ4v) is 2.35. The summed E-state index contributed by atoms with van der Waals surface area (Å²) in [6.45, 7) is 1.99. The Morgan fingerprint density at radius 3 is 2.54 bits per heavy atom. The van der Waals surface area contributed by atoms with Crippen molar-refractivity contribution in [1.29, 1.82) is 0 Å². The van der Waals surface area contributed by atoms with Gasteiger partial charge in [0.15, 0.2) is 0 Å². The van der Waals surface area contributed by atoms with Crippen LogP contribution >= 0.6 is 23.2 Å². The van der Waals surface area contributed by atoms with Crippen molar-refractivity contribution in [1.82, 2.24) is 10.6 Å². The second-order valence-corrected chi connectivity index (χ2v) is 6.08. The zero-order chi connectivity index (χ0) is 18.1. The van der Waals surface area contributed by atoms with E-state index < -0.39 is 17.9 Å². The number of carboxylic acid groups (broad SMARTS) is 1. The Kier molecular flexibility index (Phi) is 8.57. The molecule has 24 heavy (non-hydrogen) atoms. The summed E-state index contributed by atoms with van der Waals surface area (Å²) in [7, 11) is 0. The summed E-state index contributed by atoms with van der Waals surface area (Å²) in [5, 5.41) is 14.2. The van der Waals surface area contributed by atoms with Crippen LogP contribution in [0.5, 0.6) is 0 Å². The molecular formula is C16H20Cl2N2O4. The largest absolute Gasteiger partial charge is 0.481 e. The highest BCUT2D eigenvalue weighted by Crippen LogP contribution is 2.25. The van der Waals surface area contributed by atoms with E-state index in [0.717, 1.165) is 0 Å². The van der Waals surface area contributed by atoms with Gasteiger partial charge in [0.05, 0.1) is 15.6 Å². The van der Waals surface area contributed by atoms with E-state index in [0.29, 0.717) is 25.8 Å². The fraction of sp³-hybridized carbons (Fsp3) is 0.438. The molecule has 0 aliphatic rings. The average molecular weight is 375 g/mol. The molecule has 0 heterocycles. The zero-order valence-electron chi connectivity index (χ0n) is 13.3. The van der Waals surface area contributed by atoms with E-state index >= 15 is 0 Å². The highest BCUT2D eigenvalue weighted by atomic mass is 35.5. The van der Waals surface area contributed by atoms with E-state index in [1.165, 1.54) is 6.07 Å². The Balaban J connectivity index is 2.37. The molecule has 0 aliphatic carbocycles. The van der Waals surface area contributed by atoms with Crippen molar-refractivity contribution in [3.8, 4) is 0 Å². The maximum atomic E-state index is 12.1. The lowest BCUT2D eigenvalue weighted by Gasteiger charge is -2.15. The normalized spacial score (nSPS) is 11.6. The lowest BCUT2D eigenvalue weighted by Crippen LogP contribution is -2.45. The summed E-state index contributed by atoms with van der Waals surface area (Å²) in [6.07, 6.45) is 2.09. The van der Waals surface area contributed by atoms with Crippen molar-refractivity contribution in [3.05, 3.63) is 33.8 Å². The van der Waals surface area contributed by atoms with Gasteiger partial charge in [-0.25, -0.2) is 0 Å². The molecule has 0 bridgehead atoms. The van der Waals surface area contributed by atoms with Gasteiger partial charge in [0, 0.05) is 13.0 Å². The maximum absolute atomic E-state index is 12.1. The summed E-state index contributed by atoms with van der Waals surface area (Å²) >= 11 is 11.8. The molecule has 6 nitrogen and oxygen atoms in total. The number of nitrogens with one attached hydrogen (secondary N) is 2. The third-order valence-corrected chi connectivity index (χ3v) is 4.12. The van der Waals surface area contributed by atoms with Gasteiger partial charge in [-0.1, -0.05) is 35.7 Å². The number of aliphatic carboxylic acids is 1. The van der Waals surface area contributed by atoms with Gasteiger partial charge in [0.1, 0.15) is 6.04 Å². The molecule has 1 aromatic rings. The monoisotopic (exact) mass is 374 g/mol. The van der Waals surface area contributed by atoms with E-state index in [1.54, 1.807) is 19.1 Å². The van der Waals surface area contributed by atoms with Crippen LogP contribution in [0.2, 0.25) is 10.0 Å². The SMILES string of the molecule is CC(NC(=O)c1cccc(Cl)c1Cl)C(=O)NCCCCCC(=O)O. The van der Waals surface area contributed by atoms with Crippen molar-refractivity contribution in [2.45, 2.75) is 38.6 Å². The van der Waals surface area contributed by atoms with Crippen LogP contribution < -0.4 is 10.6 Å². The van der Waals surface area contributed by atoms with Gasteiger partial charge in [-0.15, -0.1) is 0 Å². The summed E-state index contributed by atoms with van der Waals surface area (Å²) in [5.41, 5.74) is 0.206. The van der Waals surface area contributed by atoms with Crippen LogP contribution in [0, 0.1) is 0 Å². The first-order chi connectivity index (χ1) is 11.3. The molecule has 0 fully saturated rings. The lowest BCUT2D eigenvalue weighted by atomic mass is 10.2. The first-order valence-corrected chi connectivity index (χ1v) is 8.33. The molecule has 3 N–H and O–H groups in total. The number of hydrogen-bond acceptors (Lipinski definition) is 3. The topological polar surface area (TPSA) is 95.5 Å².